The van der Waals surface area contributed by atoms with Crippen LogP contribution in [-0.4, -0.2) is 32.4 Å². The van der Waals surface area contributed by atoms with Gasteiger partial charge in [-0.15, -0.1) is 0 Å². The summed E-state index contributed by atoms with van der Waals surface area (Å²) in [5, 5.41) is 9.99. The minimum atomic E-state index is -4.28. The summed E-state index contributed by atoms with van der Waals surface area (Å²) in [5.41, 5.74) is 7.43. The summed E-state index contributed by atoms with van der Waals surface area (Å²) in [6.07, 6.45) is 0. The molecule has 8 nitrogen and oxygen atoms in total. The van der Waals surface area contributed by atoms with Crippen molar-refractivity contribution >= 4 is 21.6 Å². The van der Waals surface area contributed by atoms with E-state index >= 15 is 0 Å². The largest absolute Gasteiger partial charge is 0.497 e. The van der Waals surface area contributed by atoms with Crippen LogP contribution in [-0.2, 0) is 10.0 Å². The van der Waals surface area contributed by atoms with Crippen LogP contribution < -0.4 is 15.2 Å². The lowest BCUT2D eigenvalue weighted by Gasteiger charge is -2.14. The molecule has 0 aliphatic carbocycles. The van der Waals surface area contributed by atoms with Crippen molar-refractivity contribution in [2.45, 2.75) is 11.8 Å². The van der Waals surface area contributed by atoms with Crippen molar-refractivity contribution in [3.8, 4) is 28.8 Å². The highest BCUT2D eigenvalue weighted by atomic mass is 32.2. The zero-order valence-corrected chi connectivity index (χ0v) is 20.7. The molecule has 1 aromatic heterocycles. The van der Waals surface area contributed by atoms with Crippen molar-refractivity contribution < 1.29 is 22.7 Å². The van der Waals surface area contributed by atoms with Gasteiger partial charge in [0.1, 0.15) is 28.9 Å². The molecular weight excluding hydrogens is 478 g/mol. The molecule has 9 heteroatoms. The molecule has 0 saturated heterocycles. The Morgan fingerprint density at radius 2 is 1.42 bits per heavy atom. The quantitative estimate of drug-likeness (QED) is 0.372. The maximum atomic E-state index is 13.8. The molecule has 0 saturated carbocycles. The van der Waals surface area contributed by atoms with E-state index in [0.717, 1.165) is 9.54 Å². The number of aromatic nitrogens is 1. The van der Waals surface area contributed by atoms with Gasteiger partial charge in [0, 0.05) is 11.1 Å². The van der Waals surface area contributed by atoms with E-state index < -0.39 is 15.8 Å². The van der Waals surface area contributed by atoms with E-state index in [4.69, 9.17) is 15.2 Å². The molecule has 0 aliphatic heterocycles. The third-order valence-electron chi connectivity index (χ3n) is 5.78. The average molecular weight is 502 g/mol. The highest BCUT2D eigenvalue weighted by Crippen LogP contribution is 2.38. The molecule has 0 bridgehead atoms. The number of ether oxygens (including phenoxy) is 2. The number of methoxy groups -OCH3 is 2. The van der Waals surface area contributed by atoms with Crippen molar-refractivity contribution in [2.24, 2.45) is 0 Å². The molecular formula is C27H23N3O5S. The molecule has 0 aliphatic rings. The number of hydrogen-bond acceptors (Lipinski definition) is 7. The summed E-state index contributed by atoms with van der Waals surface area (Å²) in [6, 6.07) is 21.0. The number of nitriles is 1. The van der Waals surface area contributed by atoms with Crippen LogP contribution >= 0.6 is 0 Å². The van der Waals surface area contributed by atoms with Gasteiger partial charge < -0.3 is 15.2 Å². The zero-order chi connectivity index (χ0) is 26.0. The predicted octanol–water partition coefficient (Wildman–Crippen LogP) is 4.40. The number of benzene rings is 3. The van der Waals surface area contributed by atoms with Crippen molar-refractivity contribution in [3.63, 3.8) is 0 Å². The first kappa shape index (κ1) is 24.6. The van der Waals surface area contributed by atoms with Crippen LogP contribution in [0.1, 0.15) is 27.0 Å². The summed E-state index contributed by atoms with van der Waals surface area (Å²) in [5.74, 6) is 0.182. The number of carbonyl (C=O) groups is 1. The van der Waals surface area contributed by atoms with Crippen LogP contribution in [0.2, 0.25) is 0 Å². The van der Waals surface area contributed by atoms with Gasteiger partial charge in [-0.2, -0.15) is 5.26 Å². The number of anilines is 1. The molecule has 0 radical (unpaired) electrons. The highest BCUT2D eigenvalue weighted by molar-refractivity contribution is 7.90. The maximum Gasteiger partial charge on any atom is 0.269 e. The third kappa shape index (κ3) is 4.19. The smallest absolute Gasteiger partial charge is 0.269 e. The van der Waals surface area contributed by atoms with Crippen molar-refractivity contribution in [2.75, 3.05) is 20.0 Å². The molecule has 4 aromatic rings. The van der Waals surface area contributed by atoms with E-state index in [0.29, 0.717) is 17.1 Å². The standard InChI is InChI=1S/C27H23N3O5S/c1-17-4-14-22(15-5-17)36(32,33)30-25(18-6-10-20(34-2)11-7-18)24(23(16-28)27(30)29)26(31)19-8-12-21(35-3)13-9-19/h4-15H,29H2,1-3H3. The van der Waals surface area contributed by atoms with E-state index in [-0.39, 0.29) is 33.1 Å². The minimum Gasteiger partial charge on any atom is -0.497 e. The van der Waals surface area contributed by atoms with Crippen LogP contribution in [0.3, 0.4) is 0 Å². The van der Waals surface area contributed by atoms with E-state index in [1.807, 2.05) is 13.0 Å². The first-order valence-corrected chi connectivity index (χ1v) is 12.3. The van der Waals surface area contributed by atoms with Crippen molar-refractivity contribution in [1.82, 2.24) is 3.97 Å². The number of nitrogens with two attached hydrogens (primary N) is 1. The molecule has 0 atom stereocenters. The molecule has 1 heterocycles. The second-order valence-corrected chi connectivity index (χ2v) is 9.75. The van der Waals surface area contributed by atoms with Gasteiger partial charge in [-0.25, -0.2) is 12.4 Å². The van der Waals surface area contributed by atoms with Crippen LogP contribution in [0.25, 0.3) is 11.3 Å². The fourth-order valence-electron chi connectivity index (χ4n) is 3.87. The number of ketones is 1. The van der Waals surface area contributed by atoms with Gasteiger partial charge in [0.2, 0.25) is 0 Å². The van der Waals surface area contributed by atoms with Gasteiger partial charge in [-0.05, 0) is 67.6 Å². The monoisotopic (exact) mass is 501 g/mol. The highest BCUT2D eigenvalue weighted by Gasteiger charge is 2.34. The van der Waals surface area contributed by atoms with Gasteiger partial charge in [-0.1, -0.05) is 17.7 Å². The first-order valence-electron chi connectivity index (χ1n) is 10.8. The molecule has 0 amide bonds. The Morgan fingerprint density at radius 1 is 0.889 bits per heavy atom. The molecule has 36 heavy (non-hydrogen) atoms. The Balaban J connectivity index is 2.05. The summed E-state index contributed by atoms with van der Waals surface area (Å²) >= 11 is 0. The normalized spacial score (nSPS) is 11.1. The maximum absolute atomic E-state index is 13.8. The number of hydrogen-bond donors (Lipinski definition) is 1. The molecule has 0 fully saturated rings. The average Bonchev–Trinajstić information content (AvgIpc) is 3.21. The van der Waals surface area contributed by atoms with Crippen LogP contribution in [0.4, 0.5) is 5.82 Å². The molecule has 3 aromatic carbocycles. The SMILES string of the molecule is COc1ccc(C(=O)c2c(C#N)c(N)n(S(=O)(=O)c3ccc(C)cc3)c2-c2ccc(OC)cc2)cc1. The van der Waals surface area contributed by atoms with E-state index in [1.54, 1.807) is 60.7 Å². The minimum absolute atomic E-state index is 0.00639. The lowest BCUT2D eigenvalue weighted by atomic mass is 9.97. The number of nitrogen functional groups attached to an aromatic ring is 1. The molecule has 0 spiro atoms. The van der Waals surface area contributed by atoms with Gasteiger partial charge in [0.05, 0.1) is 30.4 Å². The fraction of sp³-hybridized carbons (Fsp3) is 0.111. The van der Waals surface area contributed by atoms with Crippen LogP contribution in [0.15, 0.2) is 77.7 Å². The Morgan fingerprint density at radius 3 is 1.92 bits per heavy atom. The Kier molecular flexibility index (Phi) is 6.55. The molecule has 2 N–H and O–H groups in total. The van der Waals surface area contributed by atoms with Gasteiger partial charge in [0.25, 0.3) is 10.0 Å². The third-order valence-corrected chi connectivity index (χ3v) is 7.51. The Labute approximate surface area is 209 Å². The first-order chi connectivity index (χ1) is 17.2. The topological polar surface area (TPSA) is 124 Å². The summed E-state index contributed by atoms with van der Waals surface area (Å²) in [4.78, 5) is 13.7. The second-order valence-electron chi connectivity index (χ2n) is 7.96. The van der Waals surface area contributed by atoms with Gasteiger partial charge in [0.15, 0.2) is 5.78 Å². The Hall–Kier alpha value is -4.55. The summed E-state index contributed by atoms with van der Waals surface area (Å²) in [7, 11) is -1.27. The second kappa shape index (κ2) is 9.60. The summed E-state index contributed by atoms with van der Waals surface area (Å²) in [6.45, 7) is 1.84. The van der Waals surface area contributed by atoms with E-state index in [1.165, 1.54) is 26.4 Å². The predicted molar refractivity (Wildman–Crippen MR) is 136 cm³/mol. The molecule has 182 valence electrons. The lowest BCUT2D eigenvalue weighted by molar-refractivity contribution is 0.103. The number of aryl methyl sites for hydroxylation is 1. The number of rotatable bonds is 7. The van der Waals surface area contributed by atoms with Gasteiger partial charge >= 0.3 is 0 Å². The Bertz CT molecular complexity index is 1580. The van der Waals surface area contributed by atoms with E-state index in [2.05, 4.69) is 0 Å². The van der Waals surface area contributed by atoms with Crippen LogP contribution in [0, 0.1) is 18.3 Å². The van der Waals surface area contributed by atoms with E-state index in [9.17, 15) is 18.5 Å². The summed E-state index contributed by atoms with van der Waals surface area (Å²) < 4.78 is 38.9. The molecule has 0 unspecified atom stereocenters. The zero-order valence-electron chi connectivity index (χ0n) is 19.8. The lowest BCUT2D eigenvalue weighted by Crippen LogP contribution is -2.17. The number of nitrogens with zero attached hydrogens (tertiary/aromatic N) is 2. The molecule has 4 rings (SSSR count). The van der Waals surface area contributed by atoms with Crippen molar-refractivity contribution in [3.05, 3.63) is 95.1 Å². The number of carbonyl (C=O) groups excluding carboxylic acids is 1. The van der Waals surface area contributed by atoms with Gasteiger partial charge in [-0.3, -0.25) is 4.79 Å². The fourth-order valence-corrected chi connectivity index (χ4v) is 5.34. The van der Waals surface area contributed by atoms with Crippen molar-refractivity contribution in [1.29, 1.82) is 5.26 Å². The van der Waals surface area contributed by atoms with Crippen LogP contribution in [0.5, 0.6) is 11.5 Å².